The molecule has 0 bridgehead atoms. The topological polar surface area (TPSA) is 88.4 Å². The Bertz CT molecular complexity index is 553. The minimum atomic E-state index is -0.996. The van der Waals surface area contributed by atoms with E-state index < -0.39 is 6.09 Å². The largest absolute Gasteiger partial charge is 0.465 e. The summed E-state index contributed by atoms with van der Waals surface area (Å²) in [6.45, 7) is 2.95. The summed E-state index contributed by atoms with van der Waals surface area (Å²) in [4.78, 5) is 13.3. The fourth-order valence-electron chi connectivity index (χ4n) is 2.96. The lowest BCUT2D eigenvalue weighted by atomic mass is 10.0. The van der Waals surface area contributed by atoms with Crippen LogP contribution < -0.4 is 10.6 Å². The molecule has 0 spiro atoms. The number of nitrogens with zero attached hydrogens (tertiary/aromatic N) is 2. The minimum absolute atomic E-state index is 0.132. The maximum Gasteiger partial charge on any atom is 0.404 e. The van der Waals surface area contributed by atoms with Gasteiger partial charge in [-0.3, -0.25) is 0 Å². The molecule has 1 amide bonds. The number of rotatable bonds is 7. The average Bonchev–Trinajstić information content (AvgIpc) is 2.93. The number of likely N-dealkylation sites (N-methyl/N-ethyl adjacent to an activating group) is 1. The van der Waals surface area contributed by atoms with Crippen molar-refractivity contribution >= 4 is 6.09 Å². The van der Waals surface area contributed by atoms with Crippen molar-refractivity contribution in [3.8, 4) is 6.07 Å². The molecule has 6 nitrogen and oxygen atoms in total. The molecule has 1 aromatic rings. The molecule has 1 aliphatic rings. The van der Waals surface area contributed by atoms with E-state index in [1.54, 1.807) is 12.1 Å². The second-order valence-electron chi connectivity index (χ2n) is 6.15. The van der Waals surface area contributed by atoms with E-state index >= 15 is 0 Å². The fourth-order valence-corrected chi connectivity index (χ4v) is 2.96. The molecule has 23 heavy (non-hydrogen) atoms. The van der Waals surface area contributed by atoms with Gasteiger partial charge in [0.05, 0.1) is 11.6 Å². The van der Waals surface area contributed by atoms with Crippen molar-refractivity contribution in [1.29, 1.82) is 5.26 Å². The van der Waals surface area contributed by atoms with Crippen LogP contribution in [0.1, 0.15) is 24.0 Å². The van der Waals surface area contributed by atoms with Gasteiger partial charge in [0, 0.05) is 18.6 Å². The Labute approximate surface area is 137 Å². The zero-order valence-corrected chi connectivity index (χ0v) is 13.5. The van der Waals surface area contributed by atoms with E-state index in [0.29, 0.717) is 18.0 Å². The Hall–Kier alpha value is -2.10. The highest BCUT2D eigenvalue weighted by Crippen LogP contribution is 2.10. The van der Waals surface area contributed by atoms with E-state index in [1.807, 2.05) is 12.1 Å². The molecule has 0 aliphatic carbocycles. The number of amides is 1. The molecular formula is C17H24N4O2. The predicted molar refractivity (Wildman–Crippen MR) is 88.3 cm³/mol. The van der Waals surface area contributed by atoms with Crippen molar-refractivity contribution in [3.63, 3.8) is 0 Å². The number of hydrogen-bond acceptors (Lipinski definition) is 4. The van der Waals surface area contributed by atoms with Crippen LogP contribution in [0.4, 0.5) is 4.79 Å². The molecule has 1 fully saturated rings. The Kier molecular flexibility index (Phi) is 6.39. The molecule has 1 aliphatic heterocycles. The highest BCUT2D eigenvalue weighted by molar-refractivity contribution is 5.64. The Morgan fingerprint density at radius 1 is 1.48 bits per heavy atom. The van der Waals surface area contributed by atoms with Gasteiger partial charge in [-0.15, -0.1) is 0 Å². The quantitative estimate of drug-likeness (QED) is 0.708. The predicted octanol–water partition coefficient (Wildman–Crippen LogP) is 1.42. The zero-order chi connectivity index (χ0) is 16.7. The number of carbonyl (C=O) groups is 1. The fraction of sp³-hybridized carbons (Fsp3) is 0.529. The maximum atomic E-state index is 11.0. The van der Waals surface area contributed by atoms with Gasteiger partial charge in [-0.05, 0) is 57.1 Å². The summed E-state index contributed by atoms with van der Waals surface area (Å²) in [7, 11) is 2.11. The lowest BCUT2D eigenvalue weighted by Crippen LogP contribution is -2.40. The summed E-state index contributed by atoms with van der Waals surface area (Å²) in [5.74, 6) is 0. The van der Waals surface area contributed by atoms with Crippen LogP contribution in [0.15, 0.2) is 24.3 Å². The van der Waals surface area contributed by atoms with Gasteiger partial charge >= 0.3 is 6.09 Å². The van der Waals surface area contributed by atoms with Gasteiger partial charge in [-0.25, -0.2) is 4.79 Å². The first kappa shape index (κ1) is 17.3. The molecule has 3 N–H and O–H groups in total. The average molecular weight is 316 g/mol. The lowest BCUT2D eigenvalue weighted by Gasteiger charge is -2.19. The molecule has 2 rings (SSSR count). The highest BCUT2D eigenvalue weighted by atomic mass is 16.4. The summed E-state index contributed by atoms with van der Waals surface area (Å²) in [5, 5.41) is 23.9. The number of nitrogens with one attached hydrogen (secondary N) is 2. The lowest BCUT2D eigenvalue weighted by molar-refractivity contribution is 0.189. The van der Waals surface area contributed by atoms with Gasteiger partial charge in [0.15, 0.2) is 0 Å². The molecule has 124 valence electrons. The van der Waals surface area contributed by atoms with Gasteiger partial charge in [-0.2, -0.15) is 5.26 Å². The third-order valence-electron chi connectivity index (χ3n) is 4.21. The second-order valence-corrected chi connectivity index (χ2v) is 6.15. The number of hydrogen-bond donors (Lipinski definition) is 3. The van der Waals surface area contributed by atoms with Crippen molar-refractivity contribution < 1.29 is 9.90 Å². The zero-order valence-electron chi connectivity index (χ0n) is 13.5. The third kappa shape index (κ3) is 5.89. The maximum absolute atomic E-state index is 11.0. The van der Waals surface area contributed by atoms with Crippen LogP contribution in [0.2, 0.25) is 0 Å². The summed E-state index contributed by atoms with van der Waals surface area (Å²) >= 11 is 0. The van der Waals surface area contributed by atoms with Crippen molar-refractivity contribution in [2.45, 2.75) is 31.3 Å². The first-order chi connectivity index (χ1) is 11.1. The second kappa shape index (κ2) is 8.51. The molecule has 1 aromatic carbocycles. The molecule has 0 saturated carbocycles. The summed E-state index contributed by atoms with van der Waals surface area (Å²) in [5.41, 5.74) is 1.65. The standard InChI is InChI=1S/C17H24N4O2/c1-21-9-7-16(12-21)19-8-6-15(20-17(22)23)10-13-2-4-14(11-18)5-3-13/h2-5,15-16,19-20H,6-10,12H2,1H3,(H,22,23)/t15-,16+/m0/s1. The van der Waals surface area contributed by atoms with Crippen molar-refractivity contribution in [2.24, 2.45) is 0 Å². The third-order valence-corrected chi connectivity index (χ3v) is 4.21. The molecular weight excluding hydrogens is 292 g/mol. The Morgan fingerprint density at radius 2 is 2.22 bits per heavy atom. The van der Waals surface area contributed by atoms with Gasteiger partial charge in [0.25, 0.3) is 0 Å². The van der Waals surface area contributed by atoms with Crippen LogP contribution in [0, 0.1) is 11.3 Å². The SMILES string of the molecule is CN1CC[C@@H](NCC[C@@H](Cc2ccc(C#N)cc2)NC(=O)O)C1. The molecule has 6 heteroatoms. The van der Waals surface area contributed by atoms with Crippen LogP contribution >= 0.6 is 0 Å². The Balaban J connectivity index is 1.83. The van der Waals surface area contributed by atoms with Crippen LogP contribution in [0.5, 0.6) is 0 Å². The molecule has 0 radical (unpaired) electrons. The highest BCUT2D eigenvalue weighted by Gasteiger charge is 2.19. The van der Waals surface area contributed by atoms with E-state index in [0.717, 1.165) is 38.0 Å². The van der Waals surface area contributed by atoms with E-state index in [9.17, 15) is 4.79 Å². The van der Waals surface area contributed by atoms with E-state index in [4.69, 9.17) is 10.4 Å². The molecule has 1 heterocycles. The first-order valence-electron chi connectivity index (χ1n) is 7.97. The normalized spacial score (nSPS) is 19.2. The smallest absolute Gasteiger partial charge is 0.404 e. The van der Waals surface area contributed by atoms with Crippen LogP contribution in [-0.2, 0) is 6.42 Å². The molecule has 2 atom stereocenters. The van der Waals surface area contributed by atoms with Crippen molar-refractivity contribution in [3.05, 3.63) is 35.4 Å². The van der Waals surface area contributed by atoms with E-state index in [-0.39, 0.29) is 6.04 Å². The summed E-state index contributed by atoms with van der Waals surface area (Å²) < 4.78 is 0. The Morgan fingerprint density at radius 3 is 2.78 bits per heavy atom. The summed E-state index contributed by atoms with van der Waals surface area (Å²) in [6.07, 6.45) is 1.52. The van der Waals surface area contributed by atoms with Gasteiger partial charge in [0.1, 0.15) is 0 Å². The molecule has 0 unspecified atom stereocenters. The number of carboxylic acid groups (broad SMARTS) is 1. The van der Waals surface area contributed by atoms with Gasteiger partial charge in [0.2, 0.25) is 0 Å². The first-order valence-corrected chi connectivity index (χ1v) is 7.97. The number of benzene rings is 1. The molecule has 1 saturated heterocycles. The van der Waals surface area contributed by atoms with Crippen LogP contribution in [-0.4, -0.2) is 54.9 Å². The minimum Gasteiger partial charge on any atom is -0.465 e. The number of likely N-dealkylation sites (tertiary alicyclic amines) is 1. The van der Waals surface area contributed by atoms with Crippen molar-refractivity contribution in [1.82, 2.24) is 15.5 Å². The van der Waals surface area contributed by atoms with Crippen LogP contribution in [0.3, 0.4) is 0 Å². The van der Waals surface area contributed by atoms with Crippen molar-refractivity contribution in [2.75, 3.05) is 26.7 Å². The summed E-state index contributed by atoms with van der Waals surface area (Å²) in [6, 6.07) is 9.75. The van der Waals surface area contributed by atoms with Gasteiger partial charge in [-0.1, -0.05) is 12.1 Å². The number of nitriles is 1. The van der Waals surface area contributed by atoms with E-state index in [2.05, 4.69) is 28.7 Å². The molecule has 0 aromatic heterocycles. The monoisotopic (exact) mass is 316 g/mol. The van der Waals surface area contributed by atoms with Crippen LogP contribution in [0.25, 0.3) is 0 Å². The van der Waals surface area contributed by atoms with Gasteiger partial charge < -0.3 is 20.6 Å². The van der Waals surface area contributed by atoms with E-state index in [1.165, 1.54) is 0 Å².